The maximum atomic E-state index is 10.6. The molecule has 0 aromatic rings. The quantitative estimate of drug-likeness (QED) is 0.546. The number of rotatable bonds is 2. The fraction of sp³-hybridized carbons (Fsp3) is 0.667. The predicted octanol–water partition coefficient (Wildman–Crippen LogP) is 1.00. The molecule has 0 saturated carbocycles. The summed E-state index contributed by atoms with van der Waals surface area (Å²) in [7, 11) is 3.49. The number of hydrogen-bond donors (Lipinski definition) is 0. The first-order chi connectivity index (χ1) is 4.68. The predicted molar refractivity (Wildman–Crippen MR) is 41.0 cm³/mol. The molecule has 10 heavy (non-hydrogen) atoms. The fourth-order valence-electron chi connectivity index (χ4n) is 0.357. The molecule has 0 spiro atoms. The summed E-state index contributed by atoms with van der Waals surface area (Å²) < 4.78 is 0. The molecule has 0 bridgehead atoms. The van der Waals surface area contributed by atoms with Crippen molar-refractivity contribution < 1.29 is 21.4 Å². The van der Waals surface area contributed by atoms with E-state index in [2.05, 4.69) is 13.6 Å². The number of nitrogens with zero attached hydrogens (tertiary/aromatic N) is 1. The Morgan fingerprint density at radius 2 is 2.00 bits per heavy atom. The summed E-state index contributed by atoms with van der Waals surface area (Å²) in [6.45, 7) is 1.95. The van der Waals surface area contributed by atoms with Crippen LogP contribution in [0.4, 0.5) is 0 Å². The Morgan fingerprint density at radius 3 is 2.10 bits per heavy atom. The van der Waals surface area contributed by atoms with Gasteiger partial charge >= 0.3 is 30.0 Å². The topological polar surface area (TPSA) is 26.3 Å². The Labute approximate surface area is 79.3 Å². The summed E-state index contributed by atoms with van der Waals surface area (Å²) in [6, 6.07) is 0. The first-order valence-electron chi connectivity index (χ1n) is 2.99. The van der Waals surface area contributed by atoms with E-state index in [-0.39, 0.29) is 5.88 Å². The van der Waals surface area contributed by atoms with Crippen LogP contribution in [0.1, 0.15) is 13.3 Å². The molecule has 0 heterocycles. The monoisotopic (exact) mass is 257 g/mol. The summed E-state index contributed by atoms with van der Waals surface area (Å²) in [4.78, 5) is 1.56. The molecule has 4 heteroatoms. The van der Waals surface area contributed by atoms with Gasteiger partial charge in [0.1, 0.15) is 0 Å². The van der Waals surface area contributed by atoms with Crippen LogP contribution in [0.25, 0.3) is 0 Å². The molecule has 0 amide bonds. The van der Waals surface area contributed by atoms with Gasteiger partial charge in [0.25, 0.3) is 0 Å². The standard InChI is InChI=1S/C6H13NO.BrH.Zn/c1-4-5-6(8)7(2)3;;/h5,8H,4H2,1-3H3;1H;/q;;+2/p-2. The van der Waals surface area contributed by atoms with E-state index in [1.54, 1.807) is 25.1 Å². The summed E-state index contributed by atoms with van der Waals surface area (Å²) in [5.41, 5.74) is 0. The Morgan fingerprint density at radius 1 is 1.60 bits per heavy atom. The van der Waals surface area contributed by atoms with Gasteiger partial charge in [0.15, 0.2) is 0 Å². The zero-order chi connectivity index (χ0) is 8.57. The van der Waals surface area contributed by atoms with E-state index < -0.39 is 0 Å². The molecule has 0 aliphatic heterocycles. The fourth-order valence-corrected chi connectivity index (χ4v) is 0.357. The van der Waals surface area contributed by atoms with Crippen molar-refractivity contribution >= 4 is 13.6 Å². The van der Waals surface area contributed by atoms with Gasteiger partial charge in [-0.1, -0.05) is 13.0 Å². The van der Waals surface area contributed by atoms with Crippen molar-refractivity contribution in [3.63, 3.8) is 0 Å². The Kier molecular flexibility index (Phi) is 12.3. The van der Waals surface area contributed by atoms with Crippen LogP contribution in [0.5, 0.6) is 0 Å². The summed E-state index contributed by atoms with van der Waals surface area (Å²) in [5.74, 6) is 0.0903. The molecular formula is C6H12BrNOZn. The number of allylic oxidation sites excluding steroid dienone is 1. The van der Waals surface area contributed by atoms with Crippen LogP contribution in [0.3, 0.4) is 0 Å². The Hall–Kier alpha value is 0.443. The Bertz CT molecular complexity index is 95.7. The van der Waals surface area contributed by atoms with E-state index >= 15 is 0 Å². The maximum absolute atomic E-state index is 10.6. The molecule has 0 atom stereocenters. The van der Waals surface area contributed by atoms with Crippen LogP contribution in [-0.2, 0) is 16.3 Å². The van der Waals surface area contributed by atoms with Crippen molar-refractivity contribution in [1.29, 1.82) is 0 Å². The summed E-state index contributed by atoms with van der Waals surface area (Å²) in [6.07, 6.45) is 2.47. The molecule has 0 unspecified atom stereocenters. The van der Waals surface area contributed by atoms with Gasteiger partial charge in [-0.2, -0.15) is 0 Å². The van der Waals surface area contributed by atoms with Gasteiger partial charge in [-0.25, -0.2) is 0 Å². The van der Waals surface area contributed by atoms with E-state index in [0.717, 1.165) is 6.42 Å². The van der Waals surface area contributed by atoms with Crippen molar-refractivity contribution in [1.82, 2.24) is 4.90 Å². The third kappa shape index (κ3) is 8.44. The normalized spacial score (nSPS) is 10.0. The average molecular weight is 259 g/mol. The molecule has 0 aliphatic rings. The first-order valence-corrected chi connectivity index (χ1v) is 9.94. The molecule has 56 valence electrons. The van der Waals surface area contributed by atoms with Crippen LogP contribution in [-0.4, -0.2) is 19.0 Å². The van der Waals surface area contributed by atoms with E-state index in [0.29, 0.717) is 0 Å². The third-order valence-electron chi connectivity index (χ3n) is 0.820. The third-order valence-corrected chi connectivity index (χ3v) is 0.820. The molecule has 0 aromatic heterocycles. The van der Waals surface area contributed by atoms with Crippen LogP contribution in [0, 0.1) is 0 Å². The van der Waals surface area contributed by atoms with Gasteiger partial charge in [-0.3, -0.25) is 0 Å². The van der Waals surface area contributed by atoms with E-state index in [1.165, 1.54) is 16.3 Å². The second-order valence-corrected chi connectivity index (χ2v) is 1.85. The van der Waals surface area contributed by atoms with Gasteiger partial charge in [0.2, 0.25) is 0 Å². The summed E-state index contributed by atoms with van der Waals surface area (Å²) in [5, 5.41) is 10.6. The van der Waals surface area contributed by atoms with Crippen LogP contribution < -0.4 is 5.11 Å². The number of hydrogen-bond acceptors (Lipinski definition) is 2. The minimum absolute atomic E-state index is 0.0903. The average Bonchev–Trinajstić information content (AvgIpc) is 1.93. The molecule has 0 radical (unpaired) electrons. The number of halogens is 1. The van der Waals surface area contributed by atoms with E-state index in [1.807, 2.05) is 6.92 Å². The van der Waals surface area contributed by atoms with Gasteiger partial charge in [0, 0.05) is 14.1 Å². The molecule has 0 saturated heterocycles. The SMILES string of the molecule is CCC=C([O-])N(C)C.[Zn+][Br]. The molecule has 0 N–H and O–H groups in total. The van der Waals surface area contributed by atoms with Crippen molar-refractivity contribution in [2.45, 2.75) is 13.3 Å². The van der Waals surface area contributed by atoms with Gasteiger partial charge < -0.3 is 10.0 Å². The minimum atomic E-state index is 0.0903. The van der Waals surface area contributed by atoms with Crippen LogP contribution >= 0.6 is 13.6 Å². The molecule has 0 fully saturated rings. The molecule has 0 aliphatic carbocycles. The van der Waals surface area contributed by atoms with Crippen molar-refractivity contribution in [2.75, 3.05) is 14.1 Å². The Balaban J connectivity index is 0. The van der Waals surface area contributed by atoms with Crippen LogP contribution in [0.2, 0.25) is 0 Å². The zero-order valence-electron chi connectivity index (χ0n) is 6.72. The van der Waals surface area contributed by atoms with E-state index in [4.69, 9.17) is 0 Å². The molecular weight excluding hydrogens is 247 g/mol. The van der Waals surface area contributed by atoms with Gasteiger partial charge in [0.05, 0.1) is 0 Å². The van der Waals surface area contributed by atoms with Crippen molar-refractivity contribution in [3.05, 3.63) is 12.0 Å². The second kappa shape index (κ2) is 9.44. The molecule has 2 nitrogen and oxygen atoms in total. The van der Waals surface area contributed by atoms with Gasteiger partial charge in [-0.15, -0.1) is 0 Å². The van der Waals surface area contributed by atoms with Gasteiger partial charge in [-0.05, 0) is 12.3 Å². The van der Waals surface area contributed by atoms with Crippen molar-refractivity contribution in [2.24, 2.45) is 0 Å². The van der Waals surface area contributed by atoms with Crippen LogP contribution in [0.15, 0.2) is 12.0 Å². The first kappa shape index (κ1) is 13.1. The van der Waals surface area contributed by atoms with E-state index in [9.17, 15) is 5.11 Å². The zero-order valence-corrected chi connectivity index (χ0v) is 11.3. The summed E-state index contributed by atoms with van der Waals surface area (Å²) >= 11 is 4.25. The van der Waals surface area contributed by atoms with Crippen molar-refractivity contribution in [3.8, 4) is 0 Å². The molecule has 0 rings (SSSR count). The molecule has 0 aromatic carbocycles. The second-order valence-electron chi connectivity index (χ2n) is 1.85.